The van der Waals surface area contributed by atoms with E-state index in [2.05, 4.69) is 26.0 Å². The topological polar surface area (TPSA) is 0 Å². The van der Waals surface area contributed by atoms with E-state index in [4.69, 9.17) is 0 Å². The summed E-state index contributed by atoms with van der Waals surface area (Å²) >= 11 is 0. The second-order valence-electron chi connectivity index (χ2n) is 3.77. The van der Waals surface area contributed by atoms with Gasteiger partial charge >= 0.3 is 0 Å². The van der Waals surface area contributed by atoms with Crippen molar-refractivity contribution in [3.63, 3.8) is 0 Å². The lowest BCUT2D eigenvalue weighted by molar-refractivity contribution is 0.241. The minimum atomic E-state index is 0.660. The summed E-state index contributed by atoms with van der Waals surface area (Å²) in [6, 6.07) is 0. The van der Waals surface area contributed by atoms with Crippen molar-refractivity contribution in [1.82, 2.24) is 0 Å². The molecule has 11 heavy (non-hydrogen) atoms. The Hall–Kier alpha value is -0.260. The fraction of sp³-hybridized carbons (Fsp3) is 0.818. The van der Waals surface area contributed by atoms with Crippen LogP contribution >= 0.6 is 0 Å². The highest BCUT2D eigenvalue weighted by molar-refractivity contribution is 4.93. The molecule has 0 heterocycles. The summed E-state index contributed by atoms with van der Waals surface area (Å²) in [6.07, 6.45) is 12.9. The van der Waals surface area contributed by atoms with Crippen LogP contribution in [0.1, 0.15) is 52.4 Å². The predicted octanol–water partition coefficient (Wildman–Crippen LogP) is 3.92. The Bertz CT molecular complexity index is 129. The van der Waals surface area contributed by atoms with Gasteiger partial charge in [0.15, 0.2) is 0 Å². The first-order chi connectivity index (χ1) is 5.33. The van der Waals surface area contributed by atoms with Gasteiger partial charge < -0.3 is 0 Å². The van der Waals surface area contributed by atoms with Crippen molar-refractivity contribution in [1.29, 1.82) is 0 Å². The van der Waals surface area contributed by atoms with E-state index in [1.807, 2.05) is 0 Å². The molecule has 1 aliphatic carbocycles. The van der Waals surface area contributed by atoms with E-state index in [1.54, 1.807) is 0 Å². The van der Waals surface area contributed by atoms with E-state index in [-0.39, 0.29) is 0 Å². The van der Waals surface area contributed by atoms with Gasteiger partial charge in [-0.3, -0.25) is 0 Å². The van der Waals surface area contributed by atoms with E-state index in [0.717, 1.165) is 0 Å². The van der Waals surface area contributed by atoms with Crippen LogP contribution in [0, 0.1) is 5.41 Å². The molecule has 0 nitrogen and oxygen atoms in total. The summed E-state index contributed by atoms with van der Waals surface area (Å²) in [5.41, 5.74) is 0.660. The summed E-state index contributed by atoms with van der Waals surface area (Å²) in [5.74, 6) is 0. The minimum absolute atomic E-state index is 0.660. The maximum Gasteiger partial charge on any atom is -0.0268 e. The summed E-state index contributed by atoms with van der Waals surface area (Å²) in [4.78, 5) is 0. The molecule has 64 valence electrons. The van der Waals surface area contributed by atoms with Crippen LogP contribution in [0.4, 0.5) is 0 Å². The number of rotatable bonds is 2. The van der Waals surface area contributed by atoms with Crippen molar-refractivity contribution in [2.45, 2.75) is 52.4 Å². The first-order valence-corrected chi connectivity index (χ1v) is 4.98. The van der Waals surface area contributed by atoms with Crippen molar-refractivity contribution < 1.29 is 0 Å². The quantitative estimate of drug-likeness (QED) is 0.526. The van der Waals surface area contributed by atoms with Crippen molar-refractivity contribution in [2.24, 2.45) is 5.41 Å². The standard InChI is InChI=1S/C11H20/c1-3-11(4-2)9-7-5-6-8-10-11/h5,7H,3-4,6,8-10H2,1-2H3. The minimum Gasteiger partial charge on any atom is -0.0885 e. The lowest BCUT2D eigenvalue weighted by Crippen LogP contribution is -2.16. The molecule has 0 saturated carbocycles. The second kappa shape index (κ2) is 3.94. The molecule has 1 aliphatic rings. The molecule has 0 aliphatic heterocycles. The van der Waals surface area contributed by atoms with Gasteiger partial charge in [-0.15, -0.1) is 0 Å². The molecule has 0 bridgehead atoms. The SMILES string of the molecule is CCC1(CC)CC=CCCC1. The van der Waals surface area contributed by atoms with Crippen LogP contribution < -0.4 is 0 Å². The molecule has 0 radical (unpaired) electrons. The van der Waals surface area contributed by atoms with Gasteiger partial charge in [0.25, 0.3) is 0 Å². The van der Waals surface area contributed by atoms with Gasteiger partial charge in [-0.2, -0.15) is 0 Å². The summed E-state index contributed by atoms with van der Waals surface area (Å²) in [6.45, 7) is 4.67. The van der Waals surface area contributed by atoms with Crippen LogP contribution in [0.5, 0.6) is 0 Å². The molecular formula is C11H20. The molecule has 0 fully saturated rings. The van der Waals surface area contributed by atoms with Gasteiger partial charge in [0.05, 0.1) is 0 Å². The Morgan fingerprint density at radius 2 is 1.91 bits per heavy atom. The fourth-order valence-electron chi connectivity index (χ4n) is 2.04. The number of hydrogen-bond acceptors (Lipinski definition) is 0. The van der Waals surface area contributed by atoms with E-state index in [9.17, 15) is 0 Å². The monoisotopic (exact) mass is 152 g/mol. The average molecular weight is 152 g/mol. The van der Waals surface area contributed by atoms with Crippen LogP contribution in [0.25, 0.3) is 0 Å². The van der Waals surface area contributed by atoms with Crippen LogP contribution in [-0.4, -0.2) is 0 Å². The van der Waals surface area contributed by atoms with Gasteiger partial charge in [-0.05, 0) is 31.1 Å². The second-order valence-corrected chi connectivity index (χ2v) is 3.77. The highest BCUT2D eigenvalue weighted by atomic mass is 14.3. The van der Waals surface area contributed by atoms with Crippen LogP contribution in [-0.2, 0) is 0 Å². The number of allylic oxidation sites excluding steroid dienone is 2. The number of hydrogen-bond donors (Lipinski definition) is 0. The highest BCUT2D eigenvalue weighted by Gasteiger charge is 2.24. The summed E-state index contributed by atoms with van der Waals surface area (Å²) in [7, 11) is 0. The van der Waals surface area contributed by atoms with Crippen LogP contribution in [0.15, 0.2) is 12.2 Å². The maximum atomic E-state index is 2.39. The Kier molecular flexibility index (Phi) is 3.16. The zero-order chi connectivity index (χ0) is 8.16. The molecule has 0 aromatic heterocycles. The third-order valence-electron chi connectivity index (χ3n) is 3.30. The Morgan fingerprint density at radius 3 is 2.55 bits per heavy atom. The molecular weight excluding hydrogens is 132 g/mol. The third-order valence-corrected chi connectivity index (χ3v) is 3.30. The Labute approximate surface area is 70.7 Å². The lowest BCUT2D eigenvalue weighted by Gasteiger charge is -2.29. The maximum absolute atomic E-state index is 2.39. The molecule has 0 heteroatoms. The van der Waals surface area contributed by atoms with Gasteiger partial charge in [0.2, 0.25) is 0 Å². The first kappa shape index (κ1) is 8.83. The average Bonchev–Trinajstić information content (AvgIpc) is 2.30. The van der Waals surface area contributed by atoms with Crippen molar-refractivity contribution >= 4 is 0 Å². The normalized spacial score (nSPS) is 23.1. The van der Waals surface area contributed by atoms with Crippen molar-refractivity contribution in [3.05, 3.63) is 12.2 Å². The molecule has 0 amide bonds. The van der Waals surface area contributed by atoms with E-state index in [0.29, 0.717) is 5.41 Å². The van der Waals surface area contributed by atoms with Gasteiger partial charge in [-0.25, -0.2) is 0 Å². The first-order valence-electron chi connectivity index (χ1n) is 4.98. The fourth-order valence-corrected chi connectivity index (χ4v) is 2.04. The lowest BCUT2D eigenvalue weighted by atomic mass is 9.76. The Balaban J connectivity index is 2.57. The smallest absolute Gasteiger partial charge is 0.0268 e. The molecule has 1 rings (SSSR count). The van der Waals surface area contributed by atoms with Gasteiger partial charge in [0, 0.05) is 0 Å². The largest absolute Gasteiger partial charge is 0.0885 e. The van der Waals surface area contributed by atoms with E-state index >= 15 is 0 Å². The predicted molar refractivity (Wildman–Crippen MR) is 50.6 cm³/mol. The third kappa shape index (κ3) is 2.08. The van der Waals surface area contributed by atoms with Crippen molar-refractivity contribution in [3.8, 4) is 0 Å². The van der Waals surface area contributed by atoms with E-state index < -0.39 is 0 Å². The van der Waals surface area contributed by atoms with E-state index in [1.165, 1.54) is 38.5 Å². The van der Waals surface area contributed by atoms with Crippen molar-refractivity contribution in [2.75, 3.05) is 0 Å². The molecule has 0 atom stereocenters. The molecule has 0 aromatic carbocycles. The molecule has 0 unspecified atom stereocenters. The van der Waals surface area contributed by atoms with Crippen LogP contribution in [0.3, 0.4) is 0 Å². The zero-order valence-electron chi connectivity index (χ0n) is 7.90. The highest BCUT2D eigenvalue weighted by Crippen LogP contribution is 2.38. The van der Waals surface area contributed by atoms with Crippen LogP contribution in [0.2, 0.25) is 0 Å². The molecule has 0 spiro atoms. The molecule has 0 N–H and O–H groups in total. The summed E-state index contributed by atoms with van der Waals surface area (Å²) in [5, 5.41) is 0. The molecule has 0 saturated heterocycles. The zero-order valence-corrected chi connectivity index (χ0v) is 7.90. The molecule has 0 aromatic rings. The van der Waals surface area contributed by atoms with Gasteiger partial charge in [-0.1, -0.05) is 38.8 Å². The van der Waals surface area contributed by atoms with Gasteiger partial charge in [0.1, 0.15) is 0 Å². The summed E-state index contributed by atoms with van der Waals surface area (Å²) < 4.78 is 0. The Morgan fingerprint density at radius 1 is 1.18 bits per heavy atom.